The third kappa shape index (κ3) is 2.90. The van der Waals surface area contributed by atoms with Gasteiger partial charge in [-0.15, -0.1) is 0 Å². The van der Waals surface area contributed by atoms with Crippen LogP contribution < -0.4 is 5.73 Å². The van der Waals surface area contributed by atoms with Gasteiger partial charge in [0.05, 0.1) is 17.1 Å². The Labute approximate surface area is 122 Å². The molecule has 0 heterocycles. The highest BCUT2D eigenvalue weighted by Crippen LogP contribution is 2.48. The standard InChI is InChI=1S/C15H27NO3S/c16-10-15(14(17)12-3-4-12)7-5-13(6-8-15)20(18,19)9-11-1-2-11/h11-14,17H,1-10,16H2. The lowest BCUT2D eigenvalue weighted by molar-refractivity contribution is -0.0116. The number of aliphatic hydroxyl groups is 1. The van der Waals surface area contributed by atoms with E-state index in [9.17, 15) is 13.5 Å². The fourth-order valence-corrected chi connectivity index (χ4v) is 6.02. The molecule has 116 valence electrons. The highest BCUT2D eigenvalue weighted by Gasteiger charge is 2.48. The average molecular weight is 301 g/mol. The predicted molar refractivity (Wildman–Crippen MR) is 79.0 cm³/mol. The van der Waals surface area contributed by atoms with E-state index in [0.717, 1.165) is 38.5 Å². The first-order valence-electron chi connectivity index (χ1n) is 8.06. The Balaban J connectivity index is 1.62. The number of hydrogen-bond donors (Lipinski definition) is 2. The van der Waals surface area contributed by atoms with Gasteiger partial charge in [-0.3, -0.25) is 0 Å². The van der Waals surface area contributed by atoms with Crippen molar-refractivity contribution in [3.05, 3.63) is 0 Å². The molecule has 3 aliphatic carbocycles. The van der Waals surface area contributed by atoms with E-state index in [4.69, 9.17) is 5.73 Å². The molecule has 0 aromatic carbocycles. The monoisotopic (exact) mass is 301 g/mol. The van der Waals surface area contributed by atoms with Gasteiger partial charge in [-0.05, 0) is 63.2 Å². The van der Waals surface area contributed by atoms with Gasteiger partial charge in [-0.1, -0.05) is 0 Å². The summed E-state index contributed by atoms with van der Waals surface area (Å²) >= 11 is 0. The SMILES string of the molecule is NCC1(C(O)C2CC2)CCC(S(=O)(=O)CC2CC2)CC1. The molecular weight excluding hydrogens is 274 g/mol. The van der Waals surface area contributed by atoms with Gasteiger partial charge in [0.2, 0.25) is 0 Å². The van der Waals surface area contributed by atoms with Crippen LogP contribution in [0.2, 0.25) is 0 Å². The van der Waals surface area contributed by atoms with Gasteiger partial charge in [0.25, 0.3) is 0 Å². The van der Waals surface area contributed by atoms with Crippen molar-refractivity contribution >= 4 is 9.84 Å². The van der Waals surface area contributed by atoms with E-state index in [1.165, 1.54) is 0 Å². The molecule has 0 amide bonds. The van der Waals surface area contributed by atoms with Crippen molar-refractivity contribution in [1.82, 2.24) is 0 Å². The smallest absolute Gasteiger partial charge is 0.153 e. The molecule has 4 nitrogen and oxygen atoms in total. The van der Waals surface area contributed by atoms with Crippen molar-refractivity contribution in [1.29, 1.82) is 0 Å². The van der Waals surface area contributed by atoms with E-state index in [-0.39, 0.29) is 16.8 Å². The second kappa shape index (κ2) is 5.25. The molecule has 0 aliphatic heterocycles. The van der Waals surface area contributed by atoms with Crippen LogP contribution in [0.5, 0.6) is 0 Å². The Hall–Kier alpha value is -0.130. The Bertz CT molecular complexity index is 446. The van der Waals surface area contributed by atoms with Crippen molar-refractivity contribution in [3.63, 3.8) is 0 Å². The molecule has 3 N–H and O–H groups in total. The molecule has 3 saturated carbocycles. The minimum atomic E-state index is -2.93. The average Bonchev–Trinajstić information content (AvgIpc) is 3.30. The van der Waals surface area contributed by atoms with E-state index < -0.39 is 9.84 Å². The molecule has 0 aromatic rings. The van der Waals surface area contributed by atoms with Crippen molar-refractivity contribution in [2.75, 3.05) is 12.3 Å². The molecule has 0 radical (unpaired) electrons. The minimum absolute atomic E-state index is 0.186. The van der Waals surface area contributed by atoms with Gasteiger partial charge in [0, 0.05) is 12.0 Å². The first-order valence-corrected chi connectivity index (χ1v) is 9.78. The summed E-state index contributed by atoms with van der Waals surface area (Å²) in [5.74, 6) is 1.23. The summed E-state index contributed by atoms with van der Waals surface area (Å²) in [4.78, 5) is 0. The van der Waals surface area contributed by atoms with Crippen LogP contribution in [0.3, 0.4) is 0 Å². The number of nitrogens with two attached hydrogens (primary N) is 1. The molecule has 1 unspecified atom stereocenters. The fourth-order valence-electron chi connectivity index (χ4n) is 3.81. The van der Waals surface area contributed by atoms with Crippen molar-refractivity contribution in [2.45, 2.75) is 62.7 Å². The van der Waals surface area contributed by atoms with Crippen LogP contribution in [-0.4, -0.2) is 37.2 Å². The normalized spacial score (nSPS) is 36.8. The van der Waals surface area contributed by atoms with Gasteiger partial charge < -0.3 is 10.8 Å². The topological polar surface area (TPSA) is 80.4 Å². The maximum Gasteiger partial charge on any atom is 0.153 e. The van der Waals surface area contributed by atoms with E-state index in [2.05, 4.69) is 0 Å². The van der Waals surface area contributed by atoms with Crippen molar-refractivity contribution < 1.29 is 13.5 Å². The molecule has 0 aromatic heterocycles. The largest absolute Gasteiger partial charge is 0.392 e. The van der Waals surface area contributed by atoms with Crippen LogP contribution in [0.25, 0.3) is 0 Å². The predicted octanol–water partition coefficient (Wildman–Crippen LogP) is 1.47. The molecule has 0 bridgehead atoms. The lowest BCUT2D eigenvalue weighted by atomic mass is 9.69. The maximum atomic E-state index is 12.4. The summed E-state index contributed by atoms with van der Waals surface area (Å²) in [5, 5.41) is 10.3. The zero-order chi connectivity index (χ0) is 14.4. The van der Waals surface area contributed by atoms with Crippen LogP contribution in [-0.2, 0) is 9.84 Å². The fraction of sp³-hybridized carbons (Fsp3) is 1.00. The zero-order valence-corrected chi connectivity index (χ0v) is 12.9. The lowest BCUT2D eigenvalue weighted by Crippen LogP contribution is -2.47. The Morgan fingerprint density at radius 1 is 1.10 bits per heavy atom. The first kappa shape index (κ1) is 14.8. The second-order valence-corrected chi connectivity index (χ2v) is 9.65. The molecular formula is C15H27NO3S. The quantitative estimate of drug-likeness (QED) is 0.778. The summed E-state index contributed by atoms with van der Waals surface area (Å²) in [7, 11) is -2.93. The van der Waals surface area contributed by atoms with Crippen LogP contribution in [0.1, 0.15) is 51.4 Å². The van der Waals surface area contributed by atoms with Crippen molar-refractivity contribution in [2.24, 2.45) is 23.0 Å². The van der Waals surface area contributed by atoms with E-state index >= 15 is 0 Å². The summed E-state index contributed by atoms with van der Waals surface area (Å²) in [6, 6.07) is 0. The molecule has 20 heavy (non-hydrogen) atoms. The molecule has 5 heteroatoms. The zero-order valence-electron chi connectivity index (χ0n) is 12.1. The number of aliphatic hydroxyl groups excluding tert-OH is 1. The number of hydrogen-bond acceptors (Lipinski definition) is 4. The molecule has 3 aliphatic rings. The third-order valence-corrected chi connectivity index (χ3v) is 8.13. The summed E-state index contributed by atoms with van der Waals surface area (Å²) in [6.07, 6.45) is 6.98. The second-order valence-electron chi connectivity index (χ2n) is 7.32. The van der Waals surface area contributed by atoms with Crippen molar-refractivity contribution in [3.8, 4) is 0 Å². The van der Waals surface area contributed by atoms with Crippen LogP contribution in [0.15, 0.2) is 0 Å². The first-order chi connectivity index (χ1) is 9.47. The summed E-state index contributed by atoms with van der Waals surface area (Å²) < 4.78 is 24.7. The number of sulfone groups is 1. The van der Waals surface area contributed by atoms with Crippen LogP contribution in [0, 0.1) is 17.3 Å². The summed E-state index contributed by atoms with van der Waals surface area (Å²) in [5.41, 5.74) is 5.73. The molecule has 0 spiro atoms. The Kier molecular flexibility index (Phi) is 3.89. The molecule has 1 atom stereocenters. The Morgan fingerprint density at radius 3 is 2.15 bits per heavy atom. The maximum absolute atomic E-state index is 12.4. The molecule has 0 saturated heterocycles. The van der Waals surface area contributed by atoms with Gasteiger partial charge >= 0.3 is 0 Å². The van der Waals surface area contributed by atoms with Gasteiger partial charge in [-0.25, -0.2) is 8.42 Å². The minimum Gasteiger partial charge on any atom is -0.392 e. The Morgan fingerprint density at radius 2 is 1.70 bits per heavy atom. The van der Waals surface area contributed by atoms with E-state index in [1.54, 1.807) is 0 Å². The van der Waals surface area contributed by atoms with Gasteiger partial charge in [0.1, 0.15) is 0 Å². The molecule has 3 fully saturated rings. The van der Waals surface area contributed by atoms with Gasteiger partial charge in [-0.2, -0.15) is 0 Å². The van der Waals surface area contributed by atoms with E-state index in [0.29, 0.717) is 37.0 Å². The van der Waals surface area contributed by atoms with Gasteiger partial charge in [0.15, 0.2) is 9.84 Å². The van der Waals surface area contributed by atoms with E-state index in [1.807, 2.05) is 0 Å². The molecule has 3 rings (SSSR count). The highest BCUT2D eigenvalue weighted by molar-refractivity contribution is 7.92. The number of rotatable bonds is 6. The lowest BCUT2D eigenvalue weighted by Gasteiger charge is -2.42. The van der Waals surface area contributed by atoms with Crippen LogP contribution >= 0.6 is 0 Å². The summed E-state index contributed by atoms with van der Waals surface area (Å²) in [6.45, 7) is 0.486. The third-order valence-electron chi connectivity index (χ3n) is 5.70. The van der Waals surface area contributed by atoms with Crippen LogP contribution in [0.4, 0.5) is 0 Å². The highest BCUT2D eigenvalue weighted by atomic mass is 32.2.